The predicted molar refractivity (Wildman–Crippen MR) is 104 cm³/mol. The Hall–Kier alpha value is -1.93. The van der Waals surface area contributed by atoms with Gasteiger partial charge in [0.25, 0.3) is 0 Å². The van der Waals surface area contributed by atoms with Gasteiger partial charge in [0, 0.05) is 25.2 Å². The molecule has 148 valence electrons. The first-order chi connectivity index (χ1) is 13.0. The minimum Gasteiger partial charge on any atom is -0.376 e. The van der Waals surface area contributed by atoms with Crippen molar-refractivity contribution in [2.75, 3.05) is 18.4 Å². The smallest absolute Gasteiger partial charge is 0.245 e. The van der Waals surface area contributed by atoms with Crippen molar-refractivity contribution in [1.82, 2.24) is 14.4 Å². The maximum absolute atomic E-state index is 13.0. The number of hydrogen-bond acceptors (Lipinski definition) is 6. The highest BCUT2D eigenvalue weighted by atomic mass is 32.2. The fourth-order valence-electron chi connectivity index (χ4n) is 3.21. The Morgan fingerprint density at radius 1 is 1.22 bits per heavy atom. The van der Waals surface area contributed by atoms with Crippen molar-refractivity contribution in [3.05, 3.63) is 35.5 Å². The van der Waals surface area contributed by atoms with E-state index in [0.717, 1.165) is 49.8 Å². The Balaban J connectivity index is 1.70. The number of benzene rings is 1. The zero-order chi connectivity index (χ0) is 19.3. The monoisotopic (exact) mass is 392 g/mol. The summed E-state index contributed by atoms with van der Waals surface area (Å²) in [5, 5.41) is 7.16. The van der Waals surface area contributed by atoms with Crippen molar-refractivity contribution in [3.8, 4) is 0 Å². The molecule has 0 spiro atoms. The van der Waals surface area contributed by atoms with Gasteiger partial charge in [0.2, 0.25) is 15.9 Å². The molecule has 2 heterocycles. The van der Waals surface area contributed by atoms with Gasteiger partial charge in [-0.2, -0.15) is 9.29 Å². The molecule has 0 saturated carbocycles. The van der Waals surface area contributed by atoms with E-state index in [1.807, 2.05) is 19.1 Å². The topological polar surface area (TPSA) is 88.3 Å². The molecular formula is C19H28N4O3S. The normalized spacial score (nSPS) is 15.8. The van der Waals surface area contributed by atoms with Crippen molar-refractivity contribution < 1.29 is 12.9 Å². The third kappa shape index (κ3) is 4.87. The van der Waals surface area contributed by atoms with Gasteiger partial charge in [-0.15, -0.1) is 0 Å². The fraction of sp³-hybridized carbons (Fsp3) is 0.579. The number of rotatable bonds is 8. The van der Waals surface area contributed by atoms with Gasteiger partial charge in [0.1, 0.15) is 0 Å². The molecule has 0 atom stereocenters. The lowest BCUT2D eigenvalue weighted by molar-refractivity contribution is 0.346. The third-order valence-electron chi connectivity index (χ3n) is 4.83. The van der Waals surface area contributed by atoms with Gasteiger partial charge in [-0.3, -0.25) is 0 Å². The van der Waals surface area contributed by atoms with Crippen LogP contribution in [0.5, 0.6) is 0 Å². The molecular weight excluding hydrogens is 364 g/mol. The van der Waals surface area contributed by atoms with Crippen LogP contribution in [0.1, 0.15) is 56.3 Å². The second-order valence-electron chi connectivity index (χ2n) is 7.01. The van der Waals surface area contributed by atoms with Gasteiger partial charge >= 0.3 is 0 Å². The highest BCUT2D eigenvalue weighted by Gasteiger charge is 2.27. The van der Waals surface area contributed by atoms with E-state index >= 15 is 0 Å². The first-order valence-corrected chi connectivity index (χ1v) is 11.1. The van der Waals surface area contributed by atoms with Crippen LogP contribution in [-0.2, 0) is 23.0 Å². The average molecular weight is 393 g/mol. The Bertz CT molecular complexity index is 858. The number of sulfonamides is 1. The second kappa shape index (κ2) is 8.84. The molecule has 1 aromatic heterocycles. The summed E-state index contributed by atoms with van der Waals surface area (Å²) in [5.41, 5.74) is 1.48. The molecule has 1 aliphatic rings. The summed E-state index contributed by atoms with van der Waals surface area (Å²) in [6, 6.07) is 5.41. The number of nitrogens with one attached hydrogen (secondary N) is 1. The van der Waals surface area contributed by atoms with E-state index < -0.39 is 10.0 Å². The molecule has 27 heavy (non-hydrogen) atoms. The highest BCUT2D eigenvalue weighted by molar-refractivity contribution is 7.89. The molecule has 1 fully saturated rings. The molecule has 0 unspecified atom stereocenters. The maximum Gasteiger partial charge on any atom is 0.245 e. The molecule has 1 saturated heterocycles. The molecule has 0 bridgehead atoms. The molecule has 1 N–H and O–H groups in total. The van der Waals surface area contributed by atoms with Gasteiger partial charge in [0.15, 0.2) is 5.82 Å². The van der Waals surface area contributed by atoms with E-state index in [9.17, 15) is 8.42 Å². The number of anilines is 1. The van der Waals surface area contributed by atoms with E-state index in [4.69, 9.17) is 4.52 Å². The van der Waals surface area contributed by atoms with Crippen LogP contribution in [0, 0.1) is 6.92 Å². The SMILES string of the molecule is CCCCc1noc(CNc2ccc(C)c(S(=O)(=O)N3CCCCC3)c2)n1. The number of hydrogen-bond donors (Lipinski definition) is 1. The lowest BCUT2D eigenvalue weighted by Gasteiger charge is -2.26. The molecule has 0 radical (unpaired) electrons. The number of aromatic nitrogens is 2. The van der Waals surface area contributed by atoms with E-state index in [2.05, 4.69) is 22.4 Å². The minimum absolute atomic E-state index is 0.364. The molecule has 1 aromatic carbocycles. The van der Waals surface area contributed by atoms with Crippen LogP contribution in [-0.4, -0.2) is 36.0 Å². The molecule has 0 amide bonds. The van der Waals surface area contributed by atoms with Crippen LogP contribution in [0.15, 0.2) is 27.6 Å². The summed E-state index contributed by atoms with van der Waals surface area (Å²) in [4.78, 5) is 4.72. The molecule has 0 aliphatic carbocycles. The highest BCUT2D eigenvalue weighted by Crippen LogP contribution is 2.26. The fourth-order valence-corrected chi connectivity index (χ4v) is 4.98. The van der Waals surface area contributed by atoms with Crippen LogP contribution in [0.3, 0.4) is 0 Å². The Kier molecular flexibility index (Phi) is 6.49. The van der Waals surface area contributed by atoms with Crippen molar-refractivity contribution in [1.29, 1.82) is 0 Å². The Labute approximate surface area is 161 Å². The number of unbranched alkanes of at least 4 members (excludes halogenated alkanes) is 1. The summed E-state index contributed by atoms with van der Waals surface area (Å²) >= 11 is 0. The predicted octanol–water partition coefficient (Wildman–Crippen LogP) is 3.51. The summed E-state index contributed by atoms with van der Waals surface area (Å²) in [6.45, 7) is 5.52. The first kappa shape index (κ1) is 19.8. The first-order valence-electron chi connectivity index (χ1n) is 9.67. The Morgan fingerprint density at radius 2 is 2.00 bits per heavy atom. The summed E-state index contributed by atoms with van der Waals surface area (Å²) in [7, 11) is -3.46. The zero-order valence-electron chi connectivity index (χ0n) is 16.1. The second-order valence-corrected chi connectivity index (χ2v) is 8.91. The lowest BCUT2D eigenvalue weighted by atomic mass is 10.2. The van der Waals surface area contributed by atoms with Crippen LogP contribution >= 0.6 is 0 Å². The third-order valence-corrected chi connectivity index (χ3v) is 6.87. The van der Waals surface area contributed by atoms with Crippen molar-refractivity contribution in [2.24, 2.45) is 0 Å². The summed E-state index contributed by atoms with van der Waals surface area (Å²) < 4.78 is 32.8. The molecule has 7 nitrogen and oxygen atoms in total. The van der Waals surface area contributed by atoms with Crippen LogP contribution < -0.4 is 5.32 Å². The molecule has 1 aliphatic heterocycles. The van der Waals surface area contributed by atoms with Gasteiger partial charge in [-0.1, -0.05) is 31.0 Å². The van der Waals surface area contributed by atoms with E-state index in [0.29, 0.717) is 36.2 Å². The average Bonchev–Trinajstić information content (AvgIpc) is 3.14. The van der Waals surface area contributed by atoms with Gasteiger partial charge in [0.05, 0.1) is 11.4 Å². The van der Waals surface area contributed by atoms with Crippen LogP contribution in [0.25, 0.3) is 0 Å². The van der Waals surface area contributed by atoms with E-state index in [-0.39, 0.29) is 0 Å². The number of nitrogens with zero attached hydrogens (tertiary/aromatic N) is 3. The number of aryl methyl sites for hydroxylation is 2. The molecule has 2 aromatic rings. The molecule has 8 heteroatoms. The van der Waals surface area contributed by atoms with Gasteiger partial charge < -0.3 is 9.84 Å². The van der Waals surface area contributed by atoms with Crippen molar-refractivity contribution >= 4 is 15.7 Å². The Morgan fingerprint density at radius 3 is 2.74 bits per heavy atom. The summed E-state index contributed by atoms with van der Waals surface area (Å²) in [6.07, 6.45) is 5.86. The quantitative estimate of drug-likeness (QED) is 0.740. The maximum atomic E-state index is 13.0. The zero-order valence-corrected chi connectivity index (χ0v) is 16.9. The standard InChI is InChI=1S/C19H28N4O3S/c1-3-4-8-18-21-19(26-22-18)14-20-16-10-9-15(2)17(13-16)27(24,25)23-11-6-5-7-12-23/h9-10,13,20H,3-8,11-12,14H2,1-2H3. The van der Waals surface area contributed by atoms with Crippen LogP contribution in [0.4, 0.5) is 5.69 Å². The van der Waals surface area contributed by atoms with E-state index in [1.165, 1.54) is 0 Å². The van der Waals surface area contributed by atoms with E-state index in [1.54, 1.807) is 10.4 Å². The summed E-state index contributed by atoms with van der Waals surface area (Å²) in [5.74, 6) is 1.22. The minimum atomic E-state index is -3.46. The van der Waals surface area contributed by atoms with Gasteiger partial charge in [-0.25, -0.2) is 8.42 Å². The lowest BCUT2D eigenvalue weighted by Crippen LogP contribution is -2.36. The molecule has 3 rings (SSSR count). The van der Waals surface area contributed by atoms with Crippen molar-refractivity contribution in [3.63, 3.8) is 0 Å². The van der Waals surface area contributed by atoms with Gasteiger partial charge in [-0.05, 0) is 43.9 Å². The number of piperidine rings is 1. The largest absolute Gasteiger partial charge is 0.376 e. The van der Waals surface area contributed by atoms with Crippen LogP contribution in [0.2, 0.25) is 0 Å². The van der Waals surface area contributed by atoms with Crippen molar-refractivity contribution in [2.45, 2.75) is 63.8 Å².